The molecule has 0 spiro atoms. The maximum absolute atomic E-state index is 13.7. The first-order valence-electron chi connectivity index (χ1n) is 9.12. The number of halogens is 4. The Hall–Kier alpha value is -3.31. The molecule has 1 amide bonds. The van der Waals surface area contributed by atoms with Crippen molar-refractivity contribution >= 4 is 5.91 Å². The summed E-state index contributed by atoms with van der Waals surface area (Å²) in [6, 6.07) is 4.27. The van der Waals surface area contributed by atoms with Gasteiger partial charge in [-0.25, -0.2) is 9.07 Å². The van der Waals surface area contributed by atoms with Crippen LogP contribution in [0.5, 0.6) is 0 Å². The van der Waals surface area contributed by atoms with Gasteiger partial charge in [0.2, 0.25) is 5.89 Å². The van der Waals surface area contributed by atoms with E-state index in [1.54, 1.807) is 6.92 Å². The van der Waals surface area contributed by atoms with Crippen molar-refractivity contribution < 1.29 is 26.9 Å². The molecule has 4 rings (SSSR count). The van der Waals surface area contributed by atoms with E-state index >= 15 is 0 Å². The summed E-state index contributed by atoms with van der Waals surface area (Å²) in [5.74, 6) is -0.584. The van der Waals surface area contributed by atoms with E-state index < -0.39 is 29.3 Å². The number of hydrogen-bond acceptors (Lipinski definition) is 6. The van der Waals surface area contributed by atoms with Gasteiger partial charge in [0.05, 0.1) is 5.69 Å². The highest BCUT2D eigenvalue weighted by Crippen LogP contribution is 2.34. The average molecular weight is 424 g/mol. The van der Waals surface area contributed by atoms with E-state index in [2.05, 4.69) is 20.5 Å². The fourth-order valence-corrected chi connectivity index (χ4v) is 3.40. The van der Waals surface area contributed by atoms with E-state index in [1.165, 1.54) is 4.90 Å². The van der Waals surface area contributed by atoms with Crippen LogP contribution in [-0.4, -0.2) is 49.0 Å². The average Bonchev–Trinajstić information content (AvgIpc) is 3.35. The largest absolute Gasteiger partial charge is 0.435 e. The summed E-state index contributed by atoms with van der Waals surface area (Å²) in [6.07, 6.45) is -3.94. The van der Waals surface area contributed by atoms with Gasteiger partial charge in [0.1, 0.15) is 5.82 Å². The van der Waals surface area contributed by atoms with Crippen molar-refractivity contribution in [3.63, 3.8) is 0 Å². The lowest BCUT2D eigenvalue weighted by molar-refractivity contribution is -0.143. The molecule has 0 bridgehead atoms. The van der Waals surface area contributed by atoms with Crippen molar-refractivity contribution in [3.05, 3.63) is 53.2 Å². The summed E-state index contributed by atoms with van der Waals surface area (Å²) in [5.41, 5.74) is -2.14. The first kappa shape index (κ1) is 20.0. The molecule has 30 heavy (non-hydrogen) atoms. The Morgan fingerprint density at radius 1 is 1.17 bits per heavy atom. The smallest absolute Gasteiger partial charge is 0.339 e. The van der Waals surface area contributed by atoms with Crippen LogP contribution in [0.1, 0.15) is 46.7 Å². The third-order valence-corrected chi connectivity index (χ3v) is 4.89. The van der Waals surface area contributed by atoms with Gasteiger partial charge in [-0.1, -0.05) is 10.4 Å². The molecule has 0 N–H and O–H groups in total. The topological polar surface area (TPSA) is 89.9 Å². The van der Waals surface area contributed by atoms with Gasteiger partial charge in [-0.3, -0.25) is 4.79 Å². The summed E-state index contributed by atoms with van der Waals surface area (Å²) in [7, 11) is 0. The highest BCUT2D eigenvalue weighted by Gasteiger charge is 2.43. The summed E-state index contributed by atoms with van der Waals surface area (Å²) in [4.78, 5) is 18.3. The van der Waals surface area contributed by atoms with E-state index in [0.29, 0.717) is 29.2 Å². The van der Waals surface area contributed by atoms with Crippen LogP contribution in [0, 0.1) is 12.7 Å². The zero-order chi connectivity index (χ0) is 21.5. The number of benzene rings is 1. The number of rotatable bonds is 3. The summed E-state index contributed by atoms with van der Waals surface area (Å²) < 4.78 is 60.0. The number of carbonyl (C=O) groups excluding carboxylic acids is 1. The lowest BCUT2D eigenvalue weighted by Gasteiger charge is -2.30. The van der Waals surface area contributed by atoms with Gasteiger partial charge in [0.25, 0.3) is 5.91 Å². The van der Waals surface area contributed by atoms with Crippen LogP contribution in [0.2, 0.25) is 0 Å². The first-order chi connectivity index (χ1) is 14.2. The molecule has 0 aliphatic carbocycles. The van der Waals surface area contributed by atoms with Gasteiger partial charge in [-0.15, -0.1) is 5.10 Å². The lowest BCUT2D eigenvalue weighted by Crippen LogP contribution is -2.39. The number of amides is 1. The maximum atomic E-state index is 13.7. The monoisotopic (exact) mass is 424 g/mol. The molecule has 1 aromatic carbocycles. The molecule has 8 nitrogen and oxygen atoms in total. The Balaban J connectivity index is 1.58. The van der Waals surface area contributed by atoms with E-state index in [0.717, 1.165) is 24.3 Å². The van der Waals surface area contributed by atoms with Crippen LogP contribution in [0.3, 0.4) is 0 Å². The molecule has 1 saturated heterocycles. The molecule has 1 aliphatic rings. The van der Waals surface area contributed by atoms with Crippen molar-refractivity contribution in [2.45, 2.75) is 31.9 Å². The predicted molar refractivity (Wildman–Crippen MR) is 93.2 cm³/mol. The summed E-state index contributed by atoms with van der Waals surface area (Å²) in [6.45, 7) is 2.12. The molecule has 2 aromatic heterocycles. The van der Waals surface area contributed by atoms with Crippen molar-refractivity contribution in [1.82, 2.24) is 30.0 Å². The summed E-state index contributed by atoms with van der Waals surface area (Å²) in [5, 5.41) is 10.7. The molecule has 0 unspecified atom stereocenters. The fourth-order valence-electron chi connectivity index (χ4n) is 3.40. The second-order valence-electron chi connectivity index (χ2n) is 6.92. The molecule has 3 aromatic rings. The lowest BCUT2D eigenvalue weighted by atomic mass is 9.96. The van der Waals surface area contributed by atoms with Gasteiger partial charge in [-0.05, 0) is 44.0 Å². The minimum atomic E-state index is -4.89. The number of aromatic nitrogens is 5. The molecule has 158 valence electrons. The van der Waals surface area contributed by atoms with Gasteiger partial charge in [-0.2, -0.15) is 18.2 Å². The molecule has 1 aliphatic heterocycles. The van der Waals surface area contributed by atoms with Crippen molar-refractivity contribution in [3.8, 4) is 5.69 Å². The van der Waals surface area contributed by atoms with Crippen LogP contribution in [0.4, 0.5) is 17.6 Å². The Bertz CT molecular complexity index is 1050. The second kappa shape index (κ2) is 7.50. The third-order valence-electron chi connectivity index (χ3n) is 4.89. The SMILES string of the molecule is Cc1noc(C2CCN(C(=O)c3nnn(-c4ccc(F)cc4)c3C(F)(F)F)CC2)n1. The van der Waals surface area contributed by atoms with E-state index in [-0.39, 0.29) is 24.7 Å². The molecular weight excluding hydrogens is 408 g/mol. The van der Waals surface area contributed by atoms with E-state index in [9.17, 15) is 22.4 Å². The van der Waals surface area contributed by atoms with Crippen LogP contribution in [-0.2, 0) is 6.18 Å². The Morgan fingerprint density at radius 2 is 1.83 bits per heavy atom. The second-order valence-corrected chi connectivity index (χ2v) is 6.92. The van der Waals surface area contributed by atoms with E-state index in [4.69, 9.17) is 4.52 Å². The molecule has 12 heteroatoms. The Labute approximate surface area is 167 Å². The number of alkyl halides is 3. The minimum Gasteiger partial charge on any atom is -0.339 e. The van der Waals surface area contributed by atoms with Gasteiger partial charge in [0.15, 0.2) is 17.2 Å². The zero-order valence-electron chi connectivity index (χ0n) is 15.7. The van der Waals surface area contributed by atoms with Crippen molar-refractivity contribution in [2.75, 3.05) is 13.1 Å². The molecule has 3 heterocycles. The molecular formula is C18H16F4N6O2. The number of likely N-dealkylation sites (tertiary alicyclic amines) is 1. The zero-order valence-corrected chi connectivity index (χ0v) is 15.7. The van der Waals surface area contributed by atoms with Crippen LogP contribution < -0.4 is 0 Å². The maximum Gasteiger partial charge on any atom is 0.435 e. The minimum absolute atomic E-state index is 0.0549. The normalized spacial score (nSPS) is 15.6. The van der Waals surface area contributed by atoms with Gasteiger partial charge < -0.3 is 9.42 Å². The quantitative estimate of drug-likeness (QED) is 0.600. The number of hydrogen-bond donors (Lipinski definition) is 0. The highest BCUT2D eigenvalue weighted by molar-refractivity contribution is 5.93. The van der Waals surface area contributed by atoms with Crippen LogP contribution >= 0.6 is 0 Å². The Morgan fingerprint density at radius 3 is 2.40 bits per heavy atom. The van der Waals surface area contributed by atoms with Crippen molar-refractivity contribution in [2.24, 2.45) is 0 Å². The van der Waals surface area contributed by atoms with Crippen molar-refractivity contribution in [1.29, 1.82) is 0 Å². The molecule has 0 atom stereocenters. The summed E-state index contributed by atoms with van der Waals surface area (Å²) >= 11 is 0. The molecule has 0 radical (unpaired) electrons. The van der Waals surface area contributed by atoms with Gasteiger partial charge in [0, 0.05) is 19.0 Å². The highest BCUT2D eigenvalue weighted by atomic mass is 19.4. The third kappa shape index (κ3) is 3.76. The molecule has 0 saturated carbocycles. The van der Waals surface area contributed by atoms with Gasteiger partial charge >= 0.3 is 6.18 Å². The van der Waals surface area contributed by atoms with Crippen LogP contribution in [0.15, 0.2) is 28.8 Å². The first-order valence-corrected chi connectivity index (χ1v) is 9.12. The predicted octanol–water partition coefficient (Wildman–Crippen LogP) is 3.14. The molecule has 1 fully saturated rings. The Kier molecular flexibility index (Phi) is 5.00. The standard InChI is InChI=1S/C18H16F4N6O2/c1-10-23-16(30-25-10)11-6-8-27(9-7-11)17(29)14-15(18(20,21)22)28(26-24-14)13-4-2-12(19)3-5-13/h2-5,11H,6-9H2,1H3. The number of carbonyl (C=O) groups is 1. The van der Waals surface area contributed by atoms with E-state index in [1.807, 2.05) is 0 Å². The van der Waals surface area contributed by atoms with Crippen LogP contribution in [0.25, 0.3) is 5.69 Å². The number of piperidine rings is 1. The number of aryl methyl sites for hydroxylation is 1. The number of nitrogens with zero attached hydrogens (tertiary/aromatic N) is 6. The fraction of sp³-hybridized carbons (Fsp3) is 0.389.